The van der Waals surface area contributed by atoms with Gasteiger partial charge in [0.15, 0.2) is 0 Å². The van der Waals surface area contributed by atoms with E-state index < -0.39 is 6.04 Å². The molecule has 0 unspecified atom stereocenters. The molecule has 1 atom stereocenters. The number of nitrogens with one attached hydrogen (secondary N) is 1. The topological polar surface area (TPSA) is 49.4 Å². The van der Waals surface area contributed by atoms with Crippen molar-refractivity contribution >= 4 is 35.2 Å². The van der Waals surface area contributed by atoms with Crippen LogP contribution >= 0.6 is 23.4 Å². The molecule has 6 heteroatoms. The lowest BCUT2D eigenvalue weighted by Gasteiger charge is -2.28. The number of hydrogen-bond donors (Lipinski definition) is 1. The molecule has 0 heterocycles. The maximum absolute atomic E-state index is 12.9. The van der Waals surface area contributed by atoms with E-state index in [0.29, 0.717) is 30.3 Å². The summed E-state index contributed by atoms with van der Waals surface area (Å²) in [5.41, 5.74) is 2.16. The molecule has 0 aliphatic heterocycles. The Balaban J connectivity index is 2.03. The lowest BCUT2D eigenvalue weighted by Crippen LogP contribution is -2.47. The Labute approximate surface area is 176 Å². The van der Waals surface area contributed by atoms with Crippen molar-refractivity contribution < 1.29 is 9.59 Å². The van der Waals surface area contributed by atoms with Crippen molar-refractivity contribution in [2.24, 2.45) is 0 Å². The third-order valence-corrected chi connectivity index (χ3v) is 5.66. The second-order valence-electron chi connectivity index (χ2n) is 6.63. The first-order valence-electron chi connectivity index (χ1n) is 9.41. The SMILES string of the molecule is CCNC(=O)[C@H](C)N(Cc1ccc(Cl)cc1)C(=O)CCSc1ccc(C)cc1. The quantitative estimate of drug-likeness (QED) is 0.601. The van der Waals surface area contributed by atoms with Crippen molar-refractivity contribution in [2.75, 3.05) is 12.3 Å². The van der Waals surface area contributed by atoms with Gasteiger partial charge >= 0.3 is 0 Å². The van der Waals surface area contributed by atoms with E-state index in [9.17, 15) is 9.59 Å². The number of aryl methyl sites for hydroxylation is 1. The number of carbonyl (C=O) groups excluding carboxylic acids is 2. The number of rotatable bonds is 9. The maximum Gasteiger partial charge on any atom is 0.242 e. The van der Waals surface area contributed by atoms with Crippen LogP contribution in [0.15, 0.2) is 53.4 Å². The zero-order valence-electron chi connectivity index (χ0n) is 16.6. The Morgan fingerprint density at radius 1 is 1.11 bits per heavy atom. The number of nitrogens with zero attached hydrogens (tertiary/aromatic N) is 1. The summed E-state index contributed by atoms with van der Waals surface area (Å²) >= 11 is 7.60. The average molecular weight is 419 g/mol. The van der Waals surface area contributed by atoms with Crippen LogP contribution in [0, 0.1) is 6.92 Å². The standard InChI is InChI=1S/C22H27ClN2O2S/c1-4-24-22(27)17(3)25(15-18-7-9-19(23)10-8-18)21(26)13-14-28-20-11-5-16(2)6-12-20/h5-12,17H,4,13-15H2,1-3H3,(H,24,27)/t17-/m0/s1. The number of likely N-dealkylation sites (N-methyl/N-ethyl adjacent to an activating group) is 1. The number of amides is 2. The van der Waals surface area contributed by atoms with Gasteiger partial charge in [-0.2, -0.15) is 0 Å². The highest BCUT2D eigenvalue weighted by Crippen LogP contribution is 2.20. The van der Waals surface area contributed by atoms with Crippen LogP contribution in [0.1, 0.15) is 31.4 Å². The average Bonchev–Trinajstić information content (AvgIpc) is 2.68. The summed E-state index contributed by atoms with van der Waals surface area (Å²) in [5, 5.41) is 3.45. The molecular weight excluding hydrogens is 392 g/mol. The molecule has 0 radical (unpaired) electrons. The van der Waals surface area contributed by atoms with Gasteiger partial charge in [0.2, 0.25) is 11.8 Å². The predicted molar refractivity (Wildman–Crippen MR) is 117 cm³/mol. The molecule has 0 aliphatic rings. The molecule has 2 aromatic rings. The smallest absolute Gasteiger partial charge is 0.242 e. The number of benzene rings is 2. The second-order valence-corrected chi connectivity index (χ2v) is 8.23. The van der Waals surface area contributed by atoms with Crippen molar-refractivity contribution in [1.82, 2.24) is 10.2 Å². The Morgan fingerprint density at radius 3 is 2.36 bits per heavy atom. The number of halogens is 1. The van der Waals surface area contributed by atoms with E-state index in [1.807, 2.05) is 19.1 Å². The van der Waals surface area contributed by atoms with Crippen LogP contribution in [0.3, 0.4) is 0 Å². The first kappa shape index (κ1) is 22.3. The van der Waals surface area contributed by atoms with Gasteiger partial charge in [0, 0.05) is 35.2 Å². The van der Waals surface area contributed by atoms with Gasteiger partial charge in [-0.25, -0.2) is 0 Å². The highest BCUT2D eigenvalue weighted by Gasteiger charge is 2.25. The van der Waals surface area contributed by atoms with E-state index in [1.165, 1.54) is 5.56 Å². The van der Waals surface area contributed by atoms with Gasteiger partial charge in [0.05, 0.1) is 0 Å². The highest BCUT2D eigenvalue weighted by atomic mass is 35.5. The molecule has 2 amide bonds. The van der Waals surface area contributed by atoms with E-state index in [2.05, 4.69) is 36.5 Å². The number of carbonyl (C=O) groups is 2. The van der Waals surface area contributed by atoms with E-state index in [-0.39, 0.29) is 11.8 Å². The van der Waals surface area contributed by atoms with Crippen LogP contribution < -0.4 is 5.32 Å². The van der Waals surface area contributed by atoms with Gasteiger partial charge < -0.3 is 10.2 Å². The van der Waals surface area contributed by atoms with Gasteiger partial charge in [-0.15, -0.1) is 11.8 Å². The maximum atomic E-state index is 12.9. The van der Waals surface area contributed by atoms with Crippen LogP contribution in [-0.4, -0.2) is 35.1 Å². The van der Waals surface area contributed by atoms with E-state index in [0.717, 1.165) is 10.5 Å². The molecule has 150 valence electrons. The highest BCUT2D eigenvalue weighted by molar-refractivity contribution is 7.99. The van der Waals surface area contributed by atoms with Crippen molar-refractivity contribution in [3.63, 3.8) is 0 Å². The minimum Gasteiger partial charge on any atom is -0.355 e. The zero-order valence-corrected chi connectivity index (χ0v) is 18.1. The van der Waals surface area contributed by atoms with Crippen molar-refractivity contribution in [1.29, 1.82) is 0 Å². The van der Waals surface area contributed by atoms with Gasteiger partial charge in [0.1, 0.15) is 6.04 Å². The minimum atomic E-state index is -0.535. The predicted octanol–water partition coefficient (Wildman–Crippen LogP) is 4.68. The Bertz CT molecular complexity index is 778. The van der Waals surface area contributed by atoms with Gasteiger partial charge in [-0.3, -0.25) is 9.59 Å². The third-order valence-electron chi connectivity index (χ3n) is 4.39. The van der Waals surface area contributed by atoms with Crippen LogP contribution in [-0.2, 0) is 16.1 Å². The summed E-state index contributed by atoms with van der Waals surface area (Å²) in [7, 11) is 0. The normalized spacial score (nSPS) is 11.7. The zero-order chi connectivity index (χ0) is 20.5. The van der Waals surface area contributed by atoms with Crippen molar-refractivity contribution in [2.45, 2.75) is 44.7 Å². The molecule has 0 fully saturated rings. The molecule has 28 heavy (non-hydrogen) atoms. The number of hydrogen-bond acceptors (Lipinski definition) is 3. The third kappa shape index (κ3) is 6.88. The van der Waals surface area contributed by atoms with E-state index >= 15 is 0 Å². The van der Waals surface area contributed by atoms with Crippen LogP contribution in [0.25, 0.3) is 0 Å². The largest absolute Gasteiger partial charge is 0.355 e. The summed E-state index contributed by atoms with van der Waals surface area (Å²) < 4.78 is 0. The lowest BCUT2D eigenvalue weighted by atomic mass is 10.1. The fraction of sp³-hybridized carbons (Fsp3) is 0.364. The molecule has 0 spiro atoms. The Kier molecular flexibility index (Phi) is 8.87. The summed E-state index contributed by atoms with van der Waals surface area (Å²) in [6.07, 6.45) is 0.371. The lowest BCUT2D eigenvalue weighted by molar-refractivity contribution is -0.140. The monoisotopic (exact) mass is 418 g/mol. The van der Waals surface area contributed by atoms with Crippen LogP contribution in [0.5, 0.6) is 0 Å². The Morgan fingerprint density at radius 2 is 1.75 bits per heavy atom. The molecule has 0 bridgehead atoms. The number of thioether (sulfide) groups is 1. The Hall–Kier alpha value is -1.98. The summed E-state index contributed by atoms with van der Waals surface area (Å²) in [4.78, 5) is 28.0. The molecule has 2 rings (SSSR count). The summed E-state index contributed by atoms with van der Waals surface area (Å²) in [6.45, 7) is 6.61. The molecule has 0 aromatic heterocycles. The molecular formula is C22H27ClN2O2S. The van der Waals surface area contributed by atoms with Crippen LogP contribution in [0.2, 0.25) is 5.02 Å². The summed E-state index contributed by atoms with van der Waals surface area (Å²) in [6, 6.07) is 15.1. The first-order valence-corrected chi connectivity index (χ1v) is 10.8. The molecule has 4 nitrogen and oxygen atoms in total. The summed E-state index contributed by atoms with van der Waals surface area (Å²) in [5.74, 6) is 0.491. The molecule has 0 saturated heterocycles. The molecule has 0 saturated carbocycles. The van der Waals surface area contributed by atoms with Gasteiger partial charge in [-0.1, -0.05) is 41.4 Å². The van der Waals surface area contributed by atoms with Crippen LogP contribution in [0.4, 0.5) is 0 Å². The minimum absolute atomic E-state index is 0.0340. The van der Waals surface area contributed by atoms with E-state index in [1.54, 1.807) is 35.7 Å². The fourth-order valence-electron chi connectivity index (χ4n) is 2.73. The second kappa shape index (κ2) is 11.1. The van der Waals surface area contributed by atoms with E-state index in [4.69, 9.17) is 11.6 Å². The van der Waals surface area contributed by atoms with Crippen molar-refractivity contribution in [3.8, 4) is 0 Å². The fourth-order valence-corrected chi connectivity index (χ4v) is 3.69. The first-order chi connectivity index (χ1) is 13.4. The van der Waals surface area contributed by atoms with Gasteiger partial charge in [-0.05, 0) is 50.6 Å². The van der Waals surface area contributed by atoms with Crippen molar-refractivity contribution in [3.05, 3.63) is 64.7 Å². The van der Waals surface area contributed by atoms with Gasteiger partial charge in [0.25, 0.3) is 0 Å². The molecule has 2 aromatic carbocycles. The molecule has 1 N–H and O–H groups in total. The molecule has 0 aliphatic carbocycles.